The lowest BCUT2D eigenvalue weighted by atomic mass is 10.3. The first-order valence-electron chi connectivity index (χ1n) is 8.48. The van der Waals surface area contributed by atoms with Gasteiger partial charge in [-0.15, -0.1) is 0 Å². The maximum absolute atomic E-state index is 11.5. The summed E-state index contributed by atoms with van der Waals surface area (Å²) in [7, 11) is -1.53. The number of carbonyl (C=O) groups is 1. The summed E-state index contributed by atoms with van der Waals surface area (Å²) in [6.07, 6.45) is -0.400. The first-order chi connectivity index (χ1) is 10.7. The smallest absolute Gasteiger partial charge is 0.410 e. The van der Waals surface area contributed by atoms with Gasteiger partial charge in [-0.2, -0.15) is 11.2 Å². The highest BCUT2D eigenvalue weighted by molar-refractivity contribution is 8.29. The molecule has 0 unspecified atom stereocenters. The van der Waals surface area contributed by atoms with Crippen molar-refractivity contribution >= 4 is 24.5 Å². The van der Waals surface area contributed by atoms with Crippen LogP contribution in [0, 0.1) is 0 Å². The highest BCUT2D eigenvalue weighted by atomic mass is 32.4. The molecular weight excluding hydrogens is 322 g/mol. The summed E-state index contributed by atoms with van der Waals surface area (Å²) in [6.45, 7) is 16.6. The van der Waals surface area contributed by atoms with Crippen molar-refractivity contribution in [2.24, 2.45) is 0 Å². The van der Waals surface area contributed by atoms with Crippen LogP contribution < -0.4 is 10.1 Å². The molecular formula is C18H31NO2SSi. The Kier molecular flexibility index (Phi) is 7.68. The second kappa shape index (κ2) is 8.78. The van der Waals surface area contributed by atoms with E-state index in [2.05, 4.69) is 70.2 Å². The lowest BCUT2D eigenvalue weighted by Gasteiger charge is -2.42. The molecule has 0 aliphatic carbocycles. The van der Waals surface area contributed by atoms with Gasteiger partial charge in [0.05, 0.1) is 0 Å². The van der Waals surface area contributed by atoms with Crippen LogP contribution >= 0.6 is 11.2 Å². The number of carbonyl (C=O) groups excluding carboxylic acids is 1. The molecule has 0 atom stereocenters. The molecule has 1 aromatic rings. The number of amides is 1. The highest BCUT2D eigenvalue weighted by Crippen LogP contribution is 2.51. The Bertz CT molecular complexity index is 478. The lowest BCUT2D eigenvalue weighted by molar-refractivity contribution is 0.201. The zero-order chi connectivity index (χ0) is 17.6. The minimum Gasteiger partial charge on any atom is -0.410 e. The van der Waals surface area contributed by atoms with E-state index in [1.807, 2.05) is 19.1 Å². The van der Waals surface area contributed by atoms with Crippen LogP contribution in [0.5, 0.6) is 5.75 Å². The van der Waals surface area contributed by atoms with E-state index in [-0.39, 0.29) is 0 Å². The summed E-state index contributed by atoms with van der Waals surface area (Å²) >= 11 is 2.08. The number of benzene rings is 1. The Hall–Kier alpha value is -0.943. The highest BCUT2D eigenvalue weighted by Gasteiger charge is 2.43. The van der Waals surface area contributed by atoms with E-state index in [1.165, 1.54) is 4.90 Å². The fourth-order valence-electron chi connectivity index (χ4n) is 3.42. The summed E-state index contributed by atoms with van der Waals surface area (Å²) in [5, 5.41) is 2.63. The quantitative estimate of drug-likeness (QED) is 0.605. The van der Waals surface area contributed by atoms with Crippen molar-refractivity contribution in [2.45, 2.75) is 70.0 Å². The molecule has 0 aromatic heterocycles. The molecule has 0 aliphatic heterocycles. The van der Waals surface area contributed by atoms with Crippen molar-refractivity contribution in [2.75, 3.05) is 6.54 Å². The first-order valence-corrected chi connectivity index (χ1v) is 12.3. The van der Waals surface area contributed by atoms with Gasteiger partial charge in [0.1, 0.15) is 13.0 Å². The van der Waals surface area contributed by atoms with Crippen LogP contribution in [0.1, 0.15) is 48.5 Å². The zero-order valence-corrected chi connectivity index (χ0v) is 17.3. The first kappa shape index (κ1) is 20.1. The standard InChI is InChI=1S/C18H31NO2SSi/c1-8-19-18(20)21-16-9-11-17(12-10-16)22-23(13(2)3,14(4)5)15(6)7/h9-15H,8H2,1-7H3,(H,19,20). The van der Waals surface area contributed by atoms with Crippen LogP contribution in [-0.2, 0) is 0 Å². The third-order valence-electron chi connectivity index (χ3n) is 4.36. The van der Waals surface area contributed by atoms with Crippen LogP contribution in [0.4, 0.5) is 4.79 Å². The van der Waals surface area contributed by atoms with E-state index in [0.717, 1.165) is 0 Å². The summed E-state index contributed by atoms with van der Waals surface area (Å²) < 4.78 is 5.23. The molecule has 0 radical (unpaired) electrons. The average Bonchev–Trinajstić information content (AvgIpc) is 2.45. The van der Waals surface area contributed by atoms with Crippen LogP contribution in [0.3, 0.4) is 0 Å². The van der Waals surface area contributed by atoms with Gasteiger partial charge in [0.15, 0.2) is 0 Å². The second-order valence-corrected chi connectivity index (χ2v) is 15.4. The second-order valence-electron chi connectivity index (χ2n) is 6.81. The van der Waals surface area contributed by atoms with Crippen LogP contribution in [0.25, 0.3) is 0 Å². The Morgan fingerprint density at radius 3 is 1.91 bits per heavy atom. The fraction of sp³-hybridized carbons (Fsp3) is 0.611. The van der Waals surface area contributed by atoms with Gasteiger partial charge in [-0.1, -0.05) is 41.5 Å². The zero-order valence-electron chi connectivity index (χ0n) is 15.5. The van der Waals surface area contributed by atoms with E-state index >= 15 is 0 Å². The van der Waals surface area contributed by atoms with Crippen molar-refractivity contribution in [3.8, 4) is 5.75 Å². The number of ether oxygens (including phenoxy) is 1. The van der Waals surface area contributed by atoms with E-state index in [1.54, 1.807) is 0 Å². The summed E-state index contributed by atoms with van der Waals surface area (Å²) in [5.41, 5.74) is 2.12. The average molecular weight is 354 g/mol. The van der Waals surface area contributed by atoms with E-state index in [9.17, 15) is 4.79 Å². The van der Waals surface area contributed by atoms with Gasteiger partial charge in [0.25, 0.3) is 0 Å². The van der Waals surface area contributed by atoms with Crippen molar-refractivity contribution in [3.05, 3.63) is 24.3 Å². The van der Waals surface area contributed by atoms with Crippen molar-refractivity contribution in [1.29, 1.82) is 0 Å². The monoisotopic (exact) mass is 353 g/mol. The summed E-state index contributed by atoms with van der Waals surface area (Å²) in [4.78, 5) is 12.7. The molecule has 23 heavy (non-hydrogen) atoms. The molecule has 130 valence electrons. The van der Waals surface area contributed by atoms with Crippen LogP contribution in [0.15, 0.2) is 29.2 Å². The molecule has 0 saturated heterocycles. The number of rotatable bonds is 7. The molecule has 1 rings (SSSR count). The van der Waals surface area contributed by atoms with Gasteiger partial charge < -0.3 is 10.1 Å². The normalized spacial score (nSPS) is 12.1. The molecule has 0 spiro atoms. The predicted molar refractivity (Wildman–Crippen MR) is 103 cm³/mol. The SMILES string of the molecule is CCNC(=O)Oc1ccc(S[Si](C(C)C)(C(C)C)C(C)C)cc1. The van der Waals surface area contributed by atoms with E-state index < -0.39 is 13.3 Å². The lowest BCUT2D eigenvalue weighted by Crippen LogP contribution is -2.40. The molecule has 0 bridgehead atoms. The molecule has 1 aromatic carbocycles. The summed E-state index contributed by atoms with van der Waals surface area (Å²) in [5.74, 6) is 0.589. The van der Waals surface area contributed by atoms with Gasteiger partial charge in [-0.05, 0) is 47.8 Å². The molecule has 0 heterocycles. The number of hydrogen-bond acceptors (Lipinski definition) is 3. The van der Waals surface area contributed by atoms with Crippen LogP contribution in [-0.4, -0.2) is 19.9 Å². The minimum atomic E-state index is -1.53. The van der Waals surface area contributed by atoms with Crippen LogP contribution in [0.2, 0.25) is 16.6 Å². The van der Waals surface area contributed by atoms with Gasteiger partial charge in [-0.25, -0.2) is 4.79 Å². The molecule has 0 saturated carbocycles. The van der Waals surface area contributed by atoms with Gasteiger partial charge >= 0.3 is 6.09 Å². The number of hydrogen-bond donors (Lipinski definition) is 1. The summed E-state index contributed by atoms with van der Waals surface area (Å²) in [6, 6.07) is 7.93. The fourth-order valence-corrected chi connectivity index (χ4v) is 12.6. The van der Waals surface area contributed by atoms with Gasteiger partial charge in [-0.3, -0.25) is 0 Å². The molecule has 3 nitrogen and oxygen atoms in total. The third kappa shape index (κ3) is 5.01. The minimum absolute atomic E-state index is 0.400. The van der Waals surface area contributed by atoms with Crippen molar-refractivity contribution in [3.63, 3.8) is 0 Å². The Morgan fingerprint density at radius 1 is 1.04 bits per heavy atom. The maximum atomic E-state index is 11.5. The number of nitrogens with one attached hydrogen (secondary N) is 1. The topological polar surface area (TPSA) is 38.3 Å². The van der Waals surface area contributed by atoms with Crippen molar-refractivity contribution < 1.29 is 9.53 Å². The Labute approximate surface area is 146 Å². The van der Waals surface area contributed by atoms with Crippen molar-refractivity contribution in [1.82, 2.24) is 5.32 Å². The molecule has 0 fully saturated rings. The Balaban J connectivity index is 2.92. The van der Waals surface area contributed by atoms with E-state index in [0.29, 0.717) is 28.9 Å². The Morgan fingerprint density at radius 2 is 1.52 bits per heavy atom. The third-order valence-corrected chi connectivity index (χ3v) is 16.6. The maximum Gasteiger partial charge on any atom is 0.412 e. The van der Waals surface area contributed by atoms with Gasteiger partial charge in [0.2, 0.25) is 0 Å². The largest absolute Gasteiger partial charge is 0.412 e. The van der Waals surface area contributed by atoms with Gasteiger partial charge in [0, 0.05) is 11.4 Å². The molecule has 5 heteroatoms. The predicted octanol–water partition coefficient (Wildman–Crippen LogP) is 6.06. The molecule has 1 N–H and O–H groups in total. The molecule has 0 aliphatic rings. The molecule has 1 amide bonds. The van der Waals surface area contributed by atoms with E-state index in [4.69, 9.17) is 4.74 Å².